The molecule has 3 heterocycles. The minimum atomic E-state index is 0.299. The predicted molar refractivity (Wildman–Crippen MR) is 83.6 cm³/mol. The van der Waals surface area contributed by atoms with E-state index < -0.39 is 0 Å². The Morgan fingerprint density at radius 3 is 3.10 bits per heavy atom. The van der Waals surface area contributed by atoms with Gasteiger partial charge in [-0.3, -0.25) is 0 Å². The molecule has 0 aromatic carbocycles. The lowest BCUT2D eigenvalue weighted by molar-refractivity contribution is 0.110. The molecule has 4 nitrogen and oxygen atoms in total. The number of nitrogens with zero attached hydrogens (tertiary/aromatic N) is 2. The smallest absolute Gasteiger partial charge is 0.138 e. The molecule has 1 saturated heterocycles. The second kappa shape index (κ2) is 6.06. The first-order valence-corrected chi connectivity index (χ1v) is 8.20. The molecule has 0 bridgehead atoms. The number of ether oxygens (including phenoxy) is 1. The van der Waals surface area contributed by atoms with E-state index in [0.717, 1.165) is 60.7 Å². The van der Waals surface area contributed by atoms with Crippen LogP contribution in [0.15, 0.2) is 6.07 Å². The molecule has 1 N–H and O–H groups in total. The molecule has 20 heavy (non-hydrogen) atoms. The van der Waals surface area contributed by atoms with Gasteiger partial charge in [0.2, 0.25) is 0 Å². The summed E-state index contributed by atoms with van der Waals surface area (Å²) in [6.07, 6.45) is 4.50. The summed E-state index contributed by atoms with van der Waals surface area (Å²) < 4.78 is 5.70. The molecule has 0 aliphatic carbocycles. The summed E-state index contributed by atoms with van der Waals surface area (Å²) in [4.78, 5) is 11.8. The average Bonchev–Trinajstić information content (AvgIpc) is 3.04. The molecule has 108 valence electrons. The molecule has 0 spiro atoms. The zero-order chi connectivity index (χ0) is 13.9. The SMILES string of the molecule is CCCNc1nc(CC2CCCO2)nc2sc(C)cc12. The van der Waals surface area contributed by atoms with Gasteiger partial charge < -0.3 is 10.1 Å². The van der Waals surface area contributed by atoms with Gasteiger partial charge in [0, 0.05) is 24.4 Å². The van der Waals surface area contributed by atoms with Crippen molar-refractivity contribution in [1.82, 2.24) is 9.97 Å². The fourth-order valence-corrected chi connectivity index (χ4v) is 3.46. The van der Waals surface area contributed by atoms with Crippen molar-refractivity contribution >= 4 is 27.4 Å². The number of rotatable bonds is 5. The van der Waals surface area contributed by atoms with Gasteiger partial charge in [0.15, 0.2) is 0 Å². The molecule has 5 heteroatoms. The zero-order valence-corrected chi connectivity index (χ0v) is 12.9. The molecule has 3 rings (SSSR count). The van der Waals surface area contributed by atoms with Crippen LogP contribution in [0.5, 0.6) is 0 Å². The molecule has 0 saturated carbocycles. The van der Waals surface area contributed by atoms with Crippen molar-refractivity contribution in [2.24, 2.45) is 0 Å². The molecular formula is C15H21N3OS. The second-order valence-electron chi connectivity index (χ2n) is 5.33. The highest BCUT2D eigenvalue weighted by Gasteiger charge is 2.19. The minimum Gasteiger partial charge on any atom is -0.378 e. The molecule has 1 aliphatic heterocycles. The lowest BCUT2D eigenvalue weighted by atomic mass is 10.2. The largest absolute Gasteiger partial charge is 0.378 e. The zero-order valence-electron chi connectivity index (χ0n) is 12.1. The van der Waals surface area contributed by atoms with Gasteiger partial charge in [-0.05, 0) is 32.3 Å². The first-order chi connectivity index (χ1) is 9.76. The highest BCUT2D eigenvalue weighted by atomic mass is 32.1. The standard InChI is InChI=1S/C15H21N3OS/c1-3-6-16-14-12-8-10(2)20-15(12)18-13(17-14)9-11-5-4-7-19-11/h8,11H,3-7,9H2,1-2H3,(H,16,17,18). The van der Waals surface area contributed by atoms with Gasteiger partial charge in [0.25, 0.3) is 0 Å². The van der Waals surface area contributed by atoms with E-state index in [4.69, 9.17) is 14.7 Å². The lowest BCUT2D eigenvalue weighted by Gasteiger charge is -2.11. The van der Waals surface area contributed by atoms with Crippen LogP contribution in [0.4, 0.5) is 5.82 Å². The van der Waals surface area contributed by atoms with E-state index in [1.807, 2.05) is 0 Å². The van der Waals surface area contributed by atoms with Crippen molar-refractivity contribution in [3.63, 3.8) is 0 Å². The van der Waals surface area contributed by atoms with Gasteiger partial charge in [-0.2, -0.15) is 0 Å². The first-order valence-electron chi connectivity index (χ1n) is 7.39. The number of fused-ring (bicyclic) bond motifs is 1. The maximum absolute atomic E-state index is 5.70. The Kier molecular flexibility index (Phi) is 4.17. The molecule has 0 amide bonds. The van der Waals surface area contributed by atoms with Crippen molar-refractivity contribution < 1.29 is 4.74 Å². The van der Waals surface area contributed by atoms with Crippen LogP contribution in [-0.4, -0.2) is 29.2 Å². The van der Waals surface area contributed by atoms with Crippen LogP contribution >= 0.6 is 11.3 Å². The van der Waals surface area contributed by atoms with Crippen molar-refractivity contribution in [3.05, 3.63) is 16.8 Å². The van der Waals surface area contributed by atoms with Gasteiger partial charge in [-0.25, -0.2) is 9.97 Å². The summed E-state index contributed by atoms with van der Waals surface area (Å²) >= 11 is 1.74. The average molecular weight is 291 g/mol. The Labute approximate surface area is 123 Å². The number of nitrogens with one attached hydrogen (secondary N) is 1. The van der Waals surface area contributed by atoms with Crippen LogP contribution in [0.25, 0.3) is 10.2 Å². The van der Waals surface area contributed by atoms with Gasteiger partial charge in [-0.1, -0.05) is 6.92 Å². The third kappa shape index (κ3) is 2.94. The predicted octanol–water partition coefficient (Wildman–Crippen LogP) is 3.54. The highest BCUT2D eigenvalue weighted by molar-refractivity contribution is 7.18. The van der Waals surface area contributed by atoms with Crippen LogP contribution < -0.4 is 5.32 Å². The maximum Gasteiger partial charge on any atom is 0.138 e. The van der Waals surface area contributed by atoms with Crippen molar-refractivity contribution in [2.45, 2.75) is 45.6 Å². The Bertz CT molecular complexity index is 590. The number of anilines is 1. The van der Waals surface area contributed by atoms with Crippen molar-refractivity contribution in [1.29, 1.82) is 0 Å². The third-order valence-corrected chi connectivity index (χ3v) is 4.48. The number of hydrogen-bond donors (Lipinski definition) is 1. The number of thiophene rings is 1. The van der Waals surface area contributed by atoms with E-state index in [0.29, 0.717) is 6.10 Å². The Balaban J connectivity index is 1.91. The minimum absolute atomic E-state index is 0.299. The molecule has 1 aliphatic rings. The second-order valence-corrected chi connectivity index (χ2v) is 6.57. The van der Waals surface area contributed by atoms with Gasteiger partial charge in [0.1, 0.15) is 16.5 Å². The summed E-state index contributed by atoms with van der Waals surface area (Å²) in [5.41, 5.74) is 0. The molecular weight excluding hydrogens is 270 g/mol. The van der Waals surface area contributed by atoms with Crippen LogP contribution in [0.3, 0.4) is 0 Å². The van der Waals surface area contributed by atoms with E-state index in [1.54, 1.807) is 11.3 Å². The summed E-state index contributed by atoms with van der Waals surface area (Å²) in [5.74, 6) is 1.89. The summed E-state index contributed by atoms with van der Waals surface area (Å²) in [6.45, 7) is 6.11. The molecule has 2 aromatic rings. The highest BCUT2D eigenvalue weighted by Crippen LogP contribution is 2.29. The molecule has 0 radical (unpaired) electrons. The number of hydrogen-bond acceptors (Lipinski definition) is 5. The quantitative estimate of drug-likeness (QED) is 0.915. The lowest BCUT2D eigenvalue weighted by Crippen LogP contribution is -2.13. The summed E-state index contributed by atoms with van der Waals surface area (Å²) in [7, 11) is 0. The van der Waals surface area contributed by atoms with Gasteiger partial charge in [0.05, 0.1) is 11.5 Å². The topological polar surface area (TPSA) is 47.0 Å². The maximum atomic E-state index is 5.70. The molecule has 2 aromatic heterocycles. The van der Waals surface area contributed by atoms with E-state index in [2.05, 4.69) is 25.2 Å². The molecule has 1 fully saturated rings. The van der Waals surface area contributed by atoms with E-state index in [1.165, 1.54) is 4.88 Å². The fraction of sp³-hybridized carbons (Fsp3) is 0.600. The van der Waals surface area contributed by atoms with Gasteiger partial charge >= 0.3 is 0 Å². The number of aromatic nitrogens is 2. The summed E-state index contributed by atoms with van der Waals surface area (Å²) in [5, 5.41) is 4.58. The summed E-state index contributed by atoms with van der Waals surface area (Å²) in [6, 6.07) is 2.17. The molecule has 1 unspecified atom stereocenters. The third-order valence-electron chi connectivity index (χ3n) is 3.54. The Hall–Kier alpha value is -1.20. The van der Waals surface area contributed by atoms with Crippen LogP contribution in [0, 0.1) is 6.92 Å². The van der Waals surface area contributed by atoms with Crippen LogP contribution in [-0.2, 0) is 11.2 Å². The number of aryl methyl sites for hydroxylation is 1. The van der Waals surface area contributed by atoms with Crippen LogP contribution in [0.1, 0.15) is 36.9 Å². The van der Waals surface area contributed by atoms with Gasteiger partial charge in [-0.15, -0.1) is 11.3 Å². The van der Waals surface area contributed by atoms with Crippen molar-refractivity contribution in [2.75, 3.05) is 18.5 Å². The van der Waals surface area contributed by atoms with Crippen molar-refractivity contribution in [3.8, 4) is 0 Å². The fourth-order valence-electron chi connectivity index (χ4n) is 2.56. The Morgan fingerprint density at radius 2 is 2.35 bits per heavy atom. The Morgan fingerprint density at radius 1 is 1.45 bits per heavy atom. The van der Waals surface area contributed by atoms with E-state index in [-0.39, 0.29) is 0 Å². The van der Waals surface area contributed by atoms with E-state index >= 15 is 0 Å². The first kappa shape index (κ1) is 13.8. The normalized spacial score (nSPS) is 18.8. The monoisotopic (exact) mass is 291 g/mol. The van der Waals surface area contributed by atoms with Crippen LogP contribution in [0.2, 0.25) is 0 Å². The molecule has 1 atom stereocenters. The van der Waals surface area contributed by atoms with E-state index in [9.17, 15) is 0 Å².